The number of pyridine rings is 1. The average Bonchev–Trinajstić information content (AvgIpc) is 2.32. The second kappa shape index (κ2) is 5.49. The van der Waals surface area contributed by atoms with E-state index >= 15 is 0 Å². The number of halogens is 2. The molecule has 0 unspecified atom stereocenters. The van der Waals surface area contributed by atoms with Gasteiger partial charge in [-0.15, -0.1) is 0 Å². The van der Waals surface area contributed by atoms with Crippen LogP contribution in [0, 0.1) is 19.7 Å². The van der Waals surface area contributed by atoms with Crippen LogP contribution in [0.15, 0.2) is 39.7 Å². The van der Waals surface area contributed by atoms with Crippen LogP contribution in [0.4, 0.5) is 10.1 Å². The fourth-order valence-electron chi connectivity index (χ4n) is 1.69. The molecule has 1 N–H and O–H groups in total. The Balaban J connectivity index is 2.41. The molecular formula is C13H12BrFN2O2S. The summed E-state index contributed by atoms with van der Waals surface area (Å²) >= 11 is 3.05. The van der Waals surface area contributed by atoms with Gasteiger partial charge in [-0.05, 0) is 60.1 Å². The highest BCUT2D eigenvalue weighted by atomic mass is 79.9. The summed E-state index contributed by atoms with van der Waals surface area (Å²) in [5.74, 6) is -0.510. The van der Waals surface area contributed by atoms with Crippen molar-refractivity contribution in [1.29, 1.82) is 0 Å². The molecule has 1 heterocycles. The highest BCUT2D eigenvalue weighted by Gasteiger charge is 2.19. The Morgan fingerprint density at radius 2 is 1.90 bits per heavy atom. The average molecular weight is 359 g/mol. The fourth-order valence-corrected chi connectivity index (χ4v) is 3.86. The van der Waals surface area contributed by atoms with Gasteiger partial charge in [-0.3, -0.25) is 9.71 Å². The number of nitrogens with one attached hydrogen (secondary N) is 1. The molecule has 0 spiro atoms. The SMILES string of the molecule is Cc1ccc(NS(=O)(=O)c2ccc(F)cc2Br)c(C)n1. The van der Waals surface area contributed by atoms with Gasteiger partial charge in [0.25, 0.3) is 10.0 Å². The molecule has 0 fully saturated rings. The number of anilines is 1. The Morgan fingerprint density at radius 3 is 2.50 bits per heavy atom. The third kappa shape index (κ3) is 3.16. The van der Waals surface area contributed by atoms with Crippen molar-refractivity contribution in [2.75, 3.05) is 4.72 Å². The lowest BCUT2D eigenvalue weighted by atomic mass is 10.3. The van der Waals surface area contributed by atoms with E-state index in [0.29, 0.717) is 11.4 Å². The molecular weight excluding hydrogens is 347 g/mol. The molecule has 4 nitrogen and oxygen atoms in total. The number of aromatic nitrogens is 1. The van der Waals surface area contributed by atoms with E-state index in [0.717, 1.165) is 17.8 Å². The van der Waals surface area contributed by atoms with Crippen LogP contribution in [0.3, 0.4) is 0 Å². The number of hydrogen-bond donors (Lipinski definition) is 1. The Morgan fingerprint density at radius 1 is 1.20 bits per heavy atom. The van der Waals surface area contributed by atoms with Gasteiger partial charge in [-0.2, -0.15) is 0 Å². The lowest BCUT2D eigenvalue weighted by molar-refractivity contribution is 0.599. The van der Waals surface area contributed by atoms with Gasteiger partial charge in [-0.1, -0.05) is 0 Å². The third-order valence-corrected chi connectivity index (χ3v) is 5.00. The highest BCUT2D eigenvalue weighted by Crippen LogP contribution is 2.25. The van der Waals surface area contributed by atoms with Crippen molar-refractivity contribution >= 4 is 31.6 Å². The predicted octanol–water partition coefficient (Wildman–Crippen LogP) is 3.40. The molecule has 2 rings (SSSR count). The summed E-state index contributed by atoms with van der Waals surface area (Å²) in [4.78, 5) is 4.16. The second-order valence-corrected chi connectivity index (χ2v) is 6.77. The molecule has 7 heteroatoms. The number of hydrogen-bond acceptors (Lipinski definition) is 3. The Kier molecular flexibility index (Phi) is 4.10. The predicted molar refractivity (Wildman–Crippen MR) is 78.6 cm³/mol. The number of sulfonamides is 1. The Bertz CT molecular complexity index is 763. The Labute approximate surface area is 125 Å². The van der Waals surface area contributed by atoms with Gasteiger partial charge in [0, 0.05) is 10.2 Å². The number of aryl methyl sites for hydroxylation is 2. The first kappa shape index (κ1) is 14.9. The minimum atomic E-state index is -3.80. The summed E-state index contributed by atoms with van der Waals surface area (Å²) in [6.45, 7) is 3.53. The van der Waals surface area contributed by atoms with Gasteiger partial charge in [0.05, 0.1) is 11.4 Å². The van der Waals surface area contributed by atoms with Crippen molar-refractivity contribution in [3.63, 3.8) is 0 Å². The van der Waals surface area contributed by atoms with E-state index in [4.69, 9.17) is 0 Å². The van der Waals surface area contributed by atoms with E-state index < -0.39 is 15.8 Å². The van der Waals surface area contributed by atoms with Crippen LogP contribution in [-0.4, -0.2) is 13.4 Å². The summed E-state index contributed by atoms with van der Waals surface area (Å²) in [6, 6.07) is 6.77. The fraction of sp³-hybridized carbons (Fsp3) is 0.154. The van der Waals surface area contributed by atoms with Crippen LogP contribution in [-0.2, 0) is 10.0 Å². The molecule has 0 atom stereocenters. The smallest absolute Gasteiger partial charge is 0.263 e. The topological polar surface area (TPSA) is 59.1 Å². The van der Waals surface area contributed by atoms with Crippen molar-refractivity contribution in [3.8, 4) is 0 Å². The number of nitrogens with zero attached hydrogens (tertiary/aromatic N) is 1. The standard InChI is InChI=1S/C13H12BrFN2O2S/c1-8-3-5-12(9(2)16-8)17-20(18,19)13-6-4-10(15)7-11(13)14/h3-7,17H,1-2H3. The first-order valence-corrected chi connectivity index (χ1v) is 7.99. The molecule has 0 bridgehead atoms. The van der Waals surface area contributed by atoms with Gasteiger partial charge in [0.15, 0.2) is 0 Å². The van der Waals surface area contributed by atoms with Crippen molar-refractivity contribution < 1.29 is 12.8 Å². The maximum atomic E-state index is 13.0. The Hall–Kier alpha value is -1.47. The van der Waals surface area contributed by atoms with Crippen LogP contribution in [0.5, 0.6) is 0 Å². The van der Waals surface area contributed by atoms with Gasteiger partial charge >= 0.3 is 0 Å². The largest absolute Gasteiger partial charge is 0.278 e. The summed E-state index contributed by atoms with van der Waals surface area (Å²) < 4.78 is 40.2. The zero-order valence-corrected chi connectivity index (χ0v) is 13.2. The van der Waals surface area contributed by atoms with Gasteiger partial charge in [0.2, 0.25) is 0 Å². The molecule has 0 aliphatic carbocycles. The first-order valence-electron chi connectivity index (χ1n) is 5.72. The summed E-state index contributed by atoms with van der Waals surface area (Å²) in [5, 5.41) is 0. The number of benzene rings is 1. The minimum absolute atomic E-state index is 0.0288. The number of rotatable bonds is 3. The summed E-state index contributed by atoms with van der Waals surface area (Å²) in [5.41, 5.74) is 1.77. The van der Waals surface area contributed by atoms with Crippen LogP contribution < -0.4 is 4.72 Å². The minimum Gasteiger partial charge on any atom is -0.278 e. The van der Waals surface area contributed by atoms with Crippen molar-refractivity contribution in [2.24, 2.45) is 0 Å². The van der Waals surface area contributed by atoms with E-state index in [1.54, 1.807) is 19.1 Å². The molecule has 0 aliphatic heterocycles. The highest BCUT2D eigenvalue weighted by molar-refractivity contribution is 9.10. The van der Waals surface area contributed by atoms with Gasteiger partial charge < -0.3 is 0 Å². The molecule has 0 aliphatic rings. The van der Waals surface area contributed by atoms with E-state index in [1.165, 1.54) is 6.07 Å². The van der Waals surface area contributed by atoms with Crippen LogP contribution >= 0.6 is 15.9 Å². The molecule has 0 radical (unpaired) electrons. The monoisotopic (exact) mass is 358 g/mol. The molecule has 20 heavy (non-hydrogen) atoms. The van der Waals surface area contributed by atoms with Crippen LogP contribution in [0.1, 0.15) is 11.4 Å². The van der Waals surface area contributed by atoms with Gasteiger partial charge in [0.1, 0.15) is 10.7 Å². The zero-order chi connectivity index (χ0) is 14.9. The normalized spacial score (nSPS) is 11.4. The first-order chi connectivity index (χ1) is 9.29. The van der Waals surface area contributed by atoms with Crippen molar-refractivity contribution in [2.45, 2.75) is 18.7 Å². The summed E-state index contributed by atoms with van der Waals surface area (Å²) in [6.07, 6.45) is 0. The third-order valence-electron chi connectivity index (χ3n) is 2.65. The molecule has 0 saturated heterocycles. The zero-order valence-electron chi connectivity index (χ0n) is 10.8. The molecule has 0 amide bonds. The molecule has 1 aromatic heterocycles. The van der Waals surface area contributed by atoms with Crippen molar-refractivity contribution in [3.05, 3.63) is 52.0 Å². The molecule has 1 aromatic carbocycles. The second-order valence-electron chi connectivity index (χ2n) is 4.27. The van der Waals surface area contributed by atoms with Crippen molar-refractivity contribution in [1.82, 2.24) is 4.98 Å². The van der Waals surface area contributed by atoms with E-state index in [9.17, 15) is 12.8 Å². The van der Waals surface area contributed by atoms with E-state index in [2.05, 4.69) is 25.6 Å². The lowest BCUT2D eigenvalue weighted by Crippen LogP contribution is -2.15. The maximum absolute atomic E-state index is 13.0. The quantitative estimate of drug-likeness (QED) is 0.914. The molecule has 0 saturated carbocycles. The van der Waals surface area contributed by atoms with Crippen LogP contribution in [0.2, 0.25) is 0 Å². The molecule has 106 valence electrons. The van der Waals surface area contributed by atoms with Crippen LogP contribution in [0.25, 0.3) is 0 Å². The molecule has 2 aromatic rings. The van der Waals surface area contributed by atoms with Gasteiger partial charge in [-0.25, -0.2) is 12.8 Å². The van der Waals surface area contributed by atoms with E-state index in [1.807, 2.05) is 6.92 Å². The maximum Gasteiger partial charge on any atom is 0.263 e. The lowest BCUT2D eigenvalue weighted by Gasteiger charge is -2.11. The van der Waals surface area contributed by atoms with E-state index in [-0.39, 0.29) is 9.37 Å². The summed E-state index contributed by atoms with van der Waals surface area (Å²) in [7, 11) is -3.80.